The number of nitrogens with zero attached hydrogens (tertiary/aromatic N) is 5. The quantitative estimate of drug-likeness (QED) is 0.386. The minimum absolute atomic E-state index is 0.0721. The molecule has 8 nitrogen and oxygen atoms in total. The molecule has 1 heterocycles. The molecule has 0 saturated carbocycles. The lowest BCUT2D eigenvalue weighted by Gasteiger charge is -2.05. The molecule has 3 rings (SSSR count). The lowest BCUT2D eigenvalue weighted by Crippen LogP contribution is -1.99. The third kappa shape index (κ3) is 3.51. The number of aromatic nitrogens is 4. The van der Waals surface area contributed by atoms with Crippen LogP contribution < -0.4 is 4.74 Å². The summed E-state index contributed by atoms with van der Waals surface area (Å²) in [6.45, 7) is 0. The van der Waals surface area contributed by atoms with E-state index >= 15 is 0 Å². The smallest absolute Gasteiger partial charge is 0.269 e. The van der Waals surface area contributed by atoms with Crippen LogP contribution in [0.3, 0.4) is 0 Å². The van der Waals surface area contributed by atoms with Crippen molar-refractivity contribution in [2.24, 2.45) is 0 Å². The standard InChI is InChI=1S/C15H13N5O3S/c1-23-14-7-5-12(6-8-14)19-15(16-17-18-19)24-10-11-3-2-4-13(9-11)20(21)22/h2-9H,10H2,1H3. The fraction of sp³-hybridized carbons (Fsp3) is 0.133. The third-order valence-electron chi connectivity index (χ3n) is 3.25. The number of benzene rings is 2. The second kappa shape index (κ2) is 7.09. The van der Waals surface area contributed by atoms with Crippen LogP contribution in [0.5, 0.6) is 5.75 Å². The molecule has 0 radical (unpaired) electrons. The topological polar surface area (TPSA) is 96.0 Å². The molecule has 0 aliphatic rings. The van der Waals surface area contributed by atoms with E-state index in [0.29, 0.717) is 10.9 Å². The molecule has 2 aromatic carbocycles. The van der Waals surface area contributed by atoms with Crippen molar-refractivity contribution in [2.45, 2.75) is 10.9 Å². The van der Waals surface area contributed by atoms with Crippen LogP contribution in [-0.4, -0.2) is 32.2 Å². The largest absolute Gasteiger partial charge is 0.497 e. The number of non-ortho nitro benzene ring substituents is 1. The normalized spacial score (nSPS) is 10.5. The fourth-order valence-corrected chi connectivity index (χ4v) is 2.90. The van der Waals surface area contributed by atoms with Crippen molar-refractivity contribution >= 4 is 17.4 Å². The van der Waals surface area contributed by atoms with Crippen molar-refractivity contribution < 1.29 is 9.66 Å². The summed E-state index contributed by atoms with van der Waals surface area (Å²) in [6.07, 6.45) is 0. The zero-order valence-corrected chi connectivity index (χ0v) is 13.5. The van der Waals surface area contributed by atoms with Crippen molar-refractivity contribution in [3.05, 3.63) is 64.2 Å². The fourth-order valence-electron chi connectivity index (χ4n) is 2.06. The highest BCUT2D eigenvalue weighted by atomic mass is 32.2. The van der Waals surface area contributed by atoms with Crippen molar-refractivity contribution in [2.75, 3.05) is 7.11 Å². The highest BCUT2D eigenvalue weighted by molar-refractivity contribution is 7.98. The van der Waals surface area contributed by atoms with Gasteiger partial charge in [0.25, 0.3) is 5.69 Å². The number of methoxy groups -OCH3 is 1. The van der Waals surface area contributed by atoms with E-state index in [4.69, 9.17) is 4.74 Å². The van der Waals surface area contributed by atoms with Crippen LogP contribution in [0.1, 0.15) is 5.56 Å². The summed E-state index contributed by atoms with van der Waals surface area (Å²) in [6, 6.07) is 13.9. The third-order valence-corrected chi connectivity index (χ3v) is 4.24. The Morgan fingerprint density at radius 2 is 2.04 bits per heavy atom. The Hall–Kier alpha value is -2.94. The Kier molecular flexibility index (Phi) is 4.71. The monoisotopic (exact) mass is 343 g/mol. The number of ether oxygens (including phenoxy) is 1. The first-order chi connectivity index (χ1) is 11.7. The van der Waals surface area contributed by atoms with Crippen LogP contribution >= 0.6 is 11.8 Å². The molecule has 0 aliphatic heterocycles. The van der Waals surface area contributed by atoms with Gasteiger partial charge >= 0.3 is 0 Å². The summed E-state index contributed by atoms with van der Waals surface area (Å²) >= 11 is 1.41. The van der Waals surface area contributed by atoms with E-state index in [0.717, 1.165) is 17.0 Å². The van der Waals surface area contributed by atoms with E-state index in [-0.39, 0.29) is 5.69 Å². The molecule has 0 atom stereocenters. The minimum Gasteiger partial charge on any atom is -0.497 e. The molecule has 0 N–H and O–H groups in total. The zero-order valence-electron chi connectivity index (χ0n) is 12.7. The Bertz CT molecular complexity index is 850. The van der Waals surface area contributed by atoms with Crippen LogP contribution in [0.15, 0.2) is 53.7 Å². The summed E-state index contributed by atoms with van der Waals surface area (Å²) < 4.78 is 6.74. The molecular weight excluding hydrogens is 330 g/mol. The highest BCUT2D eigenvalue weighted by Gasteiger charge is 2.11. The Morgan fingerprint density at radius 1 is 1.25 bits per heavy atom. The van der Waals surface area contributed by atoms with E-state index in [1.54, 1.807) is 23.9 Å². The van der Waals surface area contributed by atoms with Gasteiger partial charge in [0.2, 0.25) is 5.16 Å². The van der Waals surface area contributed by atoms with Gasteiger partial charge in [0, 0.05) is 17.9 Å². The molecule has 9 heteroatoms. The van der Waals surface area contributed by atoms with Gasteiger partial charge in [-0.05, 0) is 40.3 Å². The van der Waals surface area contributed by atoms with E-state index in [2.05, 4.69) is 15.5 Å². The number of thioether (sulfide) groups is 1. The van der Waals surface area contributed by atoms with E-state index < -0.39 is 4.92 Å². The Labute approximate surface area is 141 Å². The molecular formula is C15H13N5O3S. The maximum atomic E-state index is 10.8. The molecule has 3 aromatic rings. The number of hydrogen-bond donors (Lipinski definition) is 0. The Morgan fingerprint density at radius 3 is 2.75 bits per heavy atom. The van der Waals surface area contributed by atoms with Crippen LogP contribution in [0.25, 0.3) is 5.69 Å². The van der Waals surface area contributed by atoms with Gasteiger partial charge < -0.3 is 4.74 Å². The van der Waals surface area contributed by atoms with Crippen molar-refractivity contribution in [3.63, 3.8) is 0 Å². The molecule has 0 unspecified atom stereocenters. The highest BCUT2D eigenvalue weighted by Crippen LogP contribution is 2.25. The van der Waals surface area contributed by atoms with Gasteiger partial charge in [0.15, 0.2) is 0 Å². The summed E-state index contributed by atoms with van der Waals surface area (Å²) in [7, 11) is 1.60. The summed E-state index contributed by atoms with van der Waals surface area (Å²) in [5, 5.41) is 23.1. The number of hydrogen-bond acceptors (Lipinski definition) is 7. The zero-order chi connectivity index (χ0) is 16.9. The van der Waals surface area contributed by atoms with Crippen LogP contribution in [0, 0.1) is 10.1 Å². The molecule has 0 bridgehead atoms. The average Bonchev–Trinajstić information content (AvgIpc) is 3.09. The summed E-state index contributed by atoms with van der Waals surface area (Å²) in [4.78, 5) is 10.4. The van der Waals surface area contributed by atoms with E-state index in [9.17, 15) is 10.1 Å². The molecule has 0 saturated heterocycles. The SMILES string of the molecule is COc1ccc(-n2nnnc2SCc2cccc([N+](=O)[O-])c2)cc1. The first-order valence-corrected chi connectivity index (χ1v) is 7.95. The van der Waals surface area contributed by atoms with Gasteiger partial charge in [-0.25, -0.2) is 0 Å². The molecule has 0 spiro atoms. The van der Waals surface area contributed by atoms with E-state index in [1.807, 2.05) is 30.3 Å². The lowest BCUT2D eigenvalue weighted by atomic mass is 10.2. The molecule has 0 aliphatic carbocycles. The van der Waals surface area contributed by atoms with Crippen molar-refractivity contribution in [1.29, 1.82) is 0 Å². The van der Waals surface area contributed by atoms with Crippen LogP contribution in [0.4, 0.5) is 5.69 Å². The predicted molar refractivity (Wildman–Crippen MR) is 88.4 cm³/mol. The number of nitro groups is 1. The molecule has 24 heavy (non-hydrogen) atoms. The maximum absolute atomic E-state index is 10.8. The van der Waals surface area contributed by atoms with Gasteiger partial charge in [-0.2, -0.15) is 4.68 Å². The van der Waals surface area contributed by atoms with Gasteiger partial charge in [-0.3, -0.25) is 10.1 Å². The summed E-state index contributed by atoms with van der Waals surface area (Å²) in [5.74, 6) is 1.27. The van der Waals surface area contributed by atoms with Crippen molar-refractivity contribution in [3.8, 4) is 11.4 Å². The number of nitro benzene ring substituents is 1. The van der Waals surface area contributed by atoms with Gasteiger partial charge in [0.1, 0.15) is 5.75 Å². The molecule has 0 fully saturated rings. The predicted octanol–water partition coefficient (Wildman–Crippen LogP) is 2.87. The van der Waals surface area contributed by atoms with Gasteiger partial charge in [0.05, 0.1) is 17.7 Å². The number of tetrazole rings is 1. The van der Waals surface area contributed by atoms with Crippen LogP contribution in [0.2, 0.25) is 0 Å². The molecule has 1 aromatic heterocycles. The second-order valence-corrected chi connectivity index (χ2v) is 5.73. The van der Waals surface area contributed by atoms with E-state index in [1.165, 1.54) is 17.8 Å². The first kappa shape index (κ1) is 15.9. The minimum atomic E-state index is -0.407. The van der Waals surface area contributed by atoms with Gasteiger partial charge in [-0.1, -0.05) is 23.9 Å². The molecule has 0 amide bonds. The Balaban J connectivity index is 1.76. The summed E-state index contributed by atoms with van der Waals surface area (Å²) in [5.41, 5.74) is 1.71. The second-order valence-electron chi connectivity index (χ2n) is 4.79. The number of rotatable bonds is 6. The average molecular weight is 343 g/mol. The van der Waals surface area contributed by atoms with Crippen LogP contribution in [-0.2, 0) is 5.75 Å². The first-order valence-electron chi connectivity index (χ1n) is 6.96. The maximum Gasteiger partial charge on any atom is 0.269 e. The lowest BCUT2D eigenvalue weighted by molar-refractivity contribution is -0.384. The van der Waals surface area contributed by atoms with Gasteiger partial charge in [-0.15, -0.1) is 5.10 Å². The molecule has 122 valence electrons. The van der Waals surface area contributed by atoms with Crippen molar-refractivity contribution in [1.82, 2.24) is 20.2 Å².